The van der Waals surface area contributed by atoms with Crippen LogP contribution in [0.2, 0.25) is 0 Å². The number of rotatable bonds is 10. The van der Waals surface area contributed by atoms with Crippen LogP contribution in [0, 0.1) is 0 Å². The van der Waals surface area contributed by atoms with E-state index in [1.807, 2.05) is 0 Å². The fourth-order valence-corrected chi connectivity index (χ4v) is 7.05. The molecule has 0 atom stereocenters. The molecular formula is C41H28N8Na2O9S2. The van der Waals surface area contributed by atoms with Gasteiger partial charge in [-0.3, -0.25) is 9.59 Å². The van der Waals surface area contributed by atoms with Gasteiger partial charge in [0.25, 0.3) is 11.8 Å². The predicted octanol–water partition coefficient (Wildman–Crippen LogP) is 0.738. The molecule has 62 heavy (non-hydrogen) atoms. The van der Waals surface area contributed by atoms with Gasteiger partial charge in [0.2, 0.25) is 0 Å². The van der Waals surface area contributed by atoms with Gasteiger partial charge in [-0.25, -0.2) is 31.6 Å². The molecule has 0 aliphatic heterocycles. The zero-order chi connectivity index (χ0) is 42.2. The summed E-state index contributed by atoms with van der Waals surface area (Å²) in [6.45, 7) is 0. The first-order chi connectivity index (χ1) is 28.6. The number of nitrogens with zero attached hydrogens (tertiary/aromatic N) is 2. The number of carbonyl (C=O) groups is 3. The Balaban J connectivity index is 0.00000321. The van der Waals surface area contributed by atoms with Crippen LogP contribution in [-0.2, 0) is 20.2 Å². The van der Waals surface area contributed by atoms with Gasteiger partial charge < -0.3 is 40.3 Å². The predicted molar refractivity (Wildman–Crippen MR) is 220 cm³/mol. The van der Waals surface area contributed by atoms with Crippen LogP contribution in [0.15, 0.2) is 143 Å². The third-order valence-electron chi connectivity index (χ3n) is 9.12. The molecule has 4 amide bonds. The van der Waals surface area contributed by atoms with E-state index in [2.05, 4.69) is 41.2 Å². The Kier molecular flexibility index (Phi) is 13.8. The van der Waals surface area contributed by atoms with Crippen LogP contribution in [-0.4, -0.2) is 63.7 Å². The number of carbonyl (C=O) groups excluding carboxylic acids is 3. The topological polar surface area (TPSA) is 271 Å². The summed E-state index contributed by atoms with van der Waals surface area (Å²) in [5.74, 6) is 0.169. The van der Waals surface area contributed by atoms with Gasteiger partial charge in [0.1, 0.15) is 31.9 Å². The SMILES string of the molecule is O=C(Nc1ccc(-c2nc3ccc(C(=O)Nc4ccc(S(=O)(=O)[O-])cc4)cc3[nH]2)cc1)Nc1ccc(-c2nc3ccc(C(=O)Nc4ccc(S(=O)(=O)[O-])cc4)cc3[nH]2)cc1.[Na+].[Na+]. The molecule has 6 N–H and O–H groups in total. The molecule has 0 aliphatic rings. The molecule has 8 rings (SSSR count). The Bertz CT molecular complexity index is 2980. The van der Waals surface area contributed by atoms with Crippen LogP contribution in [0.25, 0.3) is 44.8 Å². The molecule has 0 saturated heterocycles. The number of nitrogens with one attached hydrogen (secondary N) is 6. The van der Waals surface area contributed by atoms with Crippen molar-refractivity contribution in [1.29, 1.82) is 0 Å². The number of amides is 4. The maximum absolute atomic E-state index is 12.9. The monoisotopic (exact) mass is 886 g/mol. The Hall–Kier alpha value is -5.71. The second-order valence-electron chi connectivity index (χ2n) is 13.2. The van der Waals surface area contributed by atoms with Gasteiger partial charge in [0.05, 0.1) is 31.9 Å². The molecule has 0 unspecified atom stereocenters. The summed E-state index contributed by atoms with van der Waals surface area (Å²) >= 11 is 0. The smallest absolute Gasteiger partial charge is 0.744 e. The van der Waals surface area contributed by atoms with E-state index >= 15 is 0 Å². The largest absolute Gasteiger partial charge is 1.00 e. The standard InChI is InChI=1S/C41H30N8O9S2.2Na/c50-39(42-27-11-15-31(16-12-27)59(53,54)55)25-5-19-33-35(21-25)48-37(46-33)23-1-7-29(8-2-23)44-41(52)45-30-9-3-24(4-10-30)38-47-34-20-6-26(22-36(34)49-38)40(51)43-28-13-17-32(18-14-28)60(56,57)58;;/h1-22H,(H,42,50)(H,43,51)(H,46,48)(H,47,49)(H2,44,45,52)(H,53,54,55)(H,56,57,58);;/q;2*+1/p-2. The minimum Gasteiger partial charge on any atom is -0.744 e. The quantitative estimate of drug-likeness (QED) is 0.0824. The molecule has 0 radical (unpaired) electrons. The first kappa shape index (κ1) is 45.8. The van der Waals surface area contributed by atoms with Crippen molar-refractivity contribution in [2.24, 2.45) is 0 Å². The van der Waals surface area contributed by atoms with Crippen LogP contribution in [0.3, 0.4) is 0 Å². The van der Waals surface area contributed by atoms with Crippen LogP contribution >= 0.6 is 0 Å². The maximum Gasteiger partial charge on any atom is 1.00 e. The second-order valence-corrected chi connectivity index (χ2v) is 16.0. The molecule has 300 valence electrons. The molecule has 0 aliphatic carbocycles. The van der Waals surface area contributed by atoms with Crippen molar-refractivity contribution < 1.29 is 99.4 Å². The van der Waals surface area contributed by atoms with Crippen molar-refractivity contribution >= 4 is 82.9 Å². The number of urea groups is 1. The molecule has 0 saturated carbocycles. The zero-order valence-electron chi connectivity index (χ0n) is 32.6. The Morgan fingerprint density at radius 3 is 1.11 bits per heavy atom. The molecule has 0 spiro atoms. The summed E-state index contributed by atoms with van der Waals surface area (Å²) in [7, 11) is -9.21. The third kappa shape index (κ3) is 10.7. The van der Waals surface area contributed by atoms with Crippen molar-refractivity contribution in [3.8, 4) is 22.8 Å². The number of fused-ring (bicyclic) bond motifs is 2. The first-order valence-electron chi connectivity index (χ1n) is 17.7. The van der Waals surface area contributed by atoms with Crippen LogP contribution in [0.4, 0.5) is 27.5 Å². The summed E-state index contributed by atoms with van der Waals surface area (Å²) in [6, 6.07) is 33.1. The molecule has 0 fully saturated rings. The van der Waals surface area contributed by atoms with Crippen molar-refractivity contribution in [3.05, 3.63) is 145 Å². The van der Waals surface area contributed by atoms with Gasteiger partial charge in [-0.2, -0.15) is 0 Å². The Morgan fingerprint density at radius 1 is 0.452 bits per heavy atom. The van der Waals surface area contributed by atoms with E-state index in [-0.39, 0.29) is 59.1 Å². The molecule has 8 aromatic rings. The van der Waals surface area contributed by atoms with Crippen LogP contribution in [0.1, 0.15) is 20.7 Å². The number of aromatic amines is 2. The zero-order valence-corrected chi connectivity index (χ0v) is 38.2. The normalized spacial score (nSPS) is 11.3. The molecule has 6 aromatic carbocycles. The molecule has 2 heterocycles. The molecule has 2 aromatic heterocycles. The van der Waals surface area contributed by atoms with Gasteiger partial charge >= 0.3 is 65.1 Å². The number of H-pyrrole nitrogens is 2. The average Bonchev–Trinajstić information content (AvgIpc) is 3.85. The van der Waals surface area contributed by atoms with Crippen molar-refractivity contribution in [3.63, 3.8) is 0 Å². The molecule has 17 nitrogen and oxygen atoms in total. The van der Waals surface area contributed by atoms with Crippen molar-refractivity contribution in [2.75, 3.05) is 21.3 Å². The van der Waals surface area contributed by atoms with E-state index in [1.54, 1.807) is 84.9 Å². The molecule has 21 heteroatoms. The van der Waals surface area contributed by atoms with E-state index in [0.29, 0.717) is 67.6 Å². The summed E-state index contributed by atoms with van der Waals surface area (Å²) in [4.78, 5) is 53.4. The van der Waals surface area contributed by atoms with Crippen LogP contribution in [0.5, 0.6) is 0 Å². The van der Waals surface area contributed by atoms with E-state index < -0.39 is 47.9 Å². The summed E-state index contributed by atoms with van der Waals surface area (Å²) < 4.78 is 67.0. The Labute approximate surface area is 397 Å². The second kappa shape index (κ2) is 18.7. The summed E-state index contributed by atoms with van der Waals surface area (Å²) in [6.07, 6.45) is 0. The van der Waals surface area contributed by atoms with Gasteiger partial charge in [-0.15, -0.1) is 0 Å². The van der Waals surface area contributed by atoms with E-state index in [9.17, 15) is 40.3 Å². The fourth-order valence-electron chi connectivity index (χ4n) is 6.11. The summed E-state index contributed by atoms with van der Waals surface area (Å²) in [5, 5.41) is 10.9. The first-order valence-corrected chi connectivity index (χ1v) is 20.5. The maximum atomic E-state index is 12.9. The van der Waals surface area contributed by atoms with Gasteiger partial charge in [-0.1, -0.05) is 0 Å². The van der Waals surface area contributed by atoms with Gasteiger partial charge in [-0.05, 0) is 133 Å². The van der Waals surface area contributed by atoms with E-state index in [1.165, 1.54) is 24.3 Å². The minimum absolute atomic E-state index is 0. The number of aromatic nitrogens is 4. The van der Waals surface area contributed by atoms with E-state index in [4.69, 9.17) is 0 Å². The van der Waals surface area contributed by atoms with Gasteiger partial charge in [0.15, 0.2) is 0 Å². The molecule has 0 bridgehead atoms. The fraction of sp³-hybridized carbons (Fsp3) is 0. The minimum atomic E-state index is -4.60. The summed E-state index contributed by atoms with van der Waals surface area (Å²) in [5.41, 5.74) is 6.17. The number of hydrogen-bond acceptors (Lipinski definition) is 11. The number of benzene rings is 6. The van der Waals surface area contributed by atoms with E-state index in [0.717, 1.165) is 35.4 Å². The van der Waals surface area contributed by atoms with Crippen LogP contribution < -0.4 is 80.4 Å². The van der Waals surface area contributed by atoms with Crippen molar-refractivity contribution in [2.45, 2.75) is 9.79 Å². The average molecular weight is 887 g/mol. The van der Waals surface area contributed by atoms with Gasteiger partial charge in [0, 0.05) is 45.0 Å². The number of imidazole rings is 2. The number of hydrogen-bond donors (Lipinski definition) is 6. The third-order valence-corrected chi connectivity index (χ3v) is 10.8. The Morgan fingerprint density at radius 2 is 0.774 bits per heavy atom. The van der Waals surface area contributed by atoms with Crippen molar-refractivity contribution in [1.82, 2.24) is 19.9 Å². The molecular weight excluding hydrogens is 859 g/mol. The number of anilines is 4.